The molecule has 1 aromatic rings. The highest BCUT2D eigenvalue weighted by Crippen LogP contribution is 2.36. The van der Waals surface area contributed by atoms with Gasteiger partial charge in [-0.3, -0.25) is 4.79 Å². The molecular weight excluding hydrogens is 236 g/mol. The SMILES string of the molecule is CC(=O)OC1(C2C=Cc3ccccc3O2)COO1. The fraction of sp³-hybridized carbons (Fsp3) is 0.308. The summed E-state index contributed by atoms with van der Waals surface area (Å²) < 4.78 is 10.9. The largest absolute Gasteiger partial charge is 0.479 e. The van der Waals surface area contributed by atoms with Gasteiger partial charge in [-0.2, -0.15) is 4.89 Å². The minimum Gasteiger partial charge on any atom is -0.479 e. The lowest BCUT2D eigenvalue weighted by Gasteiger charge is -2.42. The van der Waals surface area contributed by atoms with Crippen LogP contribution < -0.4 is 4.74 Å². The van der Waals surface area contributed by atoms with Gasteiger partial charge in [-0.1, -0.05) is 24.3 Å². The van der Waals surface area contributed by atoms with Crippen molar-refractivity contribution in [3.05, 3.63) is 35.9 Å². The Morgan fingerprint density at radius 3 is 2.89 bits per heavy atom. The highest BCUT2D eigenvalue weighted by Gasteiger charge is 2.53. The topological polar surface area (TPSA) is 54.0 Å². The second kappa shape index (κ2) is 4.12. The molecule has 3 rings (SSSR count). The van der Waals surface area contributed by atoms with E-state index in [4.69, 9.17) is 14.4 Å². The van der Waals surface area contributed by atoms with Crippen molar-refractivity contribution in [1.82, 2.24) is 0 Å². The summed E-state index contributed by atoms with van der Waals surface area (Å²) in [5, 5.41) is 0. The van der Waals surface area contributed by atoms with E-state index in [1.54, 1.807) is 6.08 Å². The van der Waals surface area contributed by atoms with Crippen LogP contribution in [-0.2, 0) is 19.3 Å². The maximum absolute atomic E-state index is 11.1. The Labute approximate surface area is 104 Å². The molecule has 0 amide bonds. The molecule has 94 valence electrons. The maximum atomic E-state index is 11.1. The number of hydrogen-bond acceptors (Lipinski definition) is 5. The van der Waals surface area contributed by atoms with Gasteiger partial charge in [0.1, 0.15) is 5.75 Å². The van der Waals surface area contributed by atoms with Gasteiger partial charge >= 0.3 is 11.8 Å². The molecule has 0 bridgehead atoms. The zero-order chi connectivity index (χ0) is 12.6. The predicted octanol–water partition coefficient (Wildman–Crippen LogP) is 1.68. The molecule has 0 spiro atoms. The standard InChI is InChI=1S/C13H12O5/c1-9(14)17-13(8-15-18-13)12-7-6-10-4-2-3-5-11(10)16-12/h2-7,12H,8H2,1H3. The molecule has 0 aromatic heterocycles. The van der Waals surface area contributed by atoms with E-state index in [0.717, 1.165) is 11.3 Å². The minimum absolute atomic E-state index is 0.157. The molecule has 2 aliphatic rings. The first-order valence-corrected chi connectivity index (χ1v) is 5.64. The molecule has 1 aromatic carbocycles. The summed E-state index contributed by atoms with van der Waals surface area (Å²) in [7, 11) is 0. The molecule has 1 fully saturated rings. The number of ether oxygens (including phenoxy) is 2. The van der Waals surface area contributed by atoms with Crippen LogP contribution in [-0.4, -0.2) is 24.5 Å². The third-order valence-electron chi connectivity index (χ3n) is 2.83. The molecule has 5 heteroatoms. The van der Waals surface area contributed by atoms with E-state index in [0.29, 0.717) is 0 Å². The van der Waals surface area contributed by atoms with E-state index in [-0.39, 0.29) is 6.61 Å². The number of fused-ring (bicyclic) bond motifs is 1. The van der Waals surface area contributed by atoms with Crippen molar-refractivity contribution < 1.29 is 24.0 Å². The first kappa shape index (κ1) is 11.3. The molecular formula is C13H12O5. The highest BCUT2D eigenvalue weighted by molar-refractivity contribution is 5.67. The number of rotatable bonds is 2. The average Bonchev–Trinajstić information content (AvgIpc) is 2.33. The molecule has 5 nitrogen and oxygen atoms in total. The summed E-state index contributed by atoms with van der Waals surface area (Å²) in [6, 6.07) is 7.61. The van der Waals surface area contributed by atoms with E-state index >= 15 is 0 Å². The first-order valence-electron chi connectivity index (χ1n) is 5.64. The van der Waals surface area contributed by atoms with Gasteiger partial charge in [0, 0.05) is 12.5 Å². The summed E-state index contributed by atoms with van der Waals surface area (Å²) in [6.07, 6.45) is 3.20. The van der Waals surface area contributed by atoms with E-state index in [9.17, 15) is 4.79 Å². The number of hydrogen-bond donors (Lipinski definition) is 0. The van der Waals surface area contributed by atoms with E-state index in [1.807, 2.05) is 30.3 Å². The molecule has 2 unspecified atom stereocenters. The van der Waals surface area contributed by atoms with Gasteiger partial charge in [-0.25, -0.2) is 4.89 Å². The van der Waals surface area contributed by atoms with Crippen LogP contribution in [0.2, 0.25) is 0 Å². The Bertz CT molecular complexity index is 504. The van der Waals surface area contributed by atoms with Crippen LogP contribution in [0.3, 0.4) is 0 Å². The summed E-state index contributed by atoms with van der Waals surface area (Å²) in [6.45, 7) is 1.48. The van der Waals surface area contributed by atoms with Gasteiger partial charge < -0.3 is 9.47 Å². The Morgan fingerprint density at radius 1 is 1.44 bits per heavy atom. The van der Waals surface area contributed by atoms with Crippen molar-refractivity contribution in [2.75, 3.05) is 6.61 Å². The lowest BCUT2D eigenvalue weighted by atomic mass is 10.0. The van der Waals surface area contributed by atoms with Gasteiger partial charge in [0.05, 0.1) is 0 Å². The summed E-state index contributed by atoms with van der Waals surface area (Å²) in [4.78, 5) is 20.8. The molecule has 2 atom stereocenters. The minimum atomic E-state index is -1.17. The molecule has 0 radical (unpaired) electrons. The number of esters is 1. The molecule has 1 saturated heterocycles. The van der Waals surface area contributed by atoms with Crippen LogP contribution in [0, 0.1) is 0 Å². The monoisotopic (exact) mass is 248 g/mol. The van der Waals surface area contributed by atoms with Gasteiger partial charge in [0.2, 0.25) is 0 Å². The van der Waals surface area contributed by atoms with Crippen LogP contribution in [0.1, 0.15) is 12.5 Å². The van der Waals surface area contributed by atoms with Crippen molar-refractivity contribution in [2.24, 2.45) is 0 Å². The normalized spacial score (nSPS) is 28.8. The summed E-state index contributed by atoms with van der Waals surface area (Å²) >= 11 is 0. The quantitative estimate of drug-likeness (QED) is 0.588. The van der Waals surface area contributed by atoms with E-state index < -0.39 is 17.9 Å². The van der Waals surface area contributed by atoms with Gasteiger partial charge in [-0.15, -0.1) is 0 Å². The van der Waals surface area contributed by atoms with Crippen molar-refractivity contribution in [3.8, 4) is 5.75 Å². The zero-order valence-corrected chi connectivity index (χ0v) is 9.79. The van der Waals surface area contributed by atoms with Crippen LogP contribution in [0.25, 0.3) is 6.08 Å². The zero-order valence-electron chi connectivity index (χ0n) is 9.79. The molecule has 2 heterocycles. The smallest absolute Gasteiger partial charge is 0.309 e. The van der Waals surface area contributed by atoms with Crippen molar-refractivity contribution in [2.45, 2.75) is 18.8 Å². The molecule has 2 aliphatic heterocycles. The van der Waals surface area contributed by atoms with Gasteiger partial charge in [-0.05, 0) is 12.1 Å². The summed E-state index contributed by atoms with van der Waals surface area (Å²) in [5.74, 6) is -0.878. The third-order valence-corrected chi connectivity index (χ3v) is 2.83. The first-order chi connectivity index (χ1) is 8.70. The van der Waals surface area contributed by atoms with Gasteiger partial charge in [0.15, 0.2) is 12.7 Å². The lowest BCUT2D eigenvalue weighted by Crippen LogP contribution is -2.60. The second-order valence-corrected chi connectivity index (χ2v) is 4.19. The third kappa shape index (κ3) is 1.77. The molecule has 0 saturated carbocycles. The highest BCUT2D eigenvalue weighted by atomic mass is 17.3. The van der Waals surface area contributed by atoms with E-state index in [1.165, 1.54) is 6.92 Å². The van der Waals surface area contributed by atoms with Crippen LogP contribution in [0.4, 0.5) is 0 Å². The van der Waals surface area contributed by atoms with Crippen LogP contribution in [0.5, 0.6) is 5.75 Å². The summed E-state index contributed by atoms with van der Waals surface area (Å²) in [5.41, 5.74) is 0.979. The fourth-order valence-corrected chi connectivity index (χ4v) is 1.98. The van der Waals surface area contributed by atoms with Crippen LogP contribution in [0.15, 0.2) is 30.3 Å². The number of benzene rings is 1. The Balaban J connectivity index is 1.85. The molecule has 18 heavy (non-hydrogen) atoms. The fourth-order valence-electron chi connectivity index (χ4n) is 1.98. The van der Waals surface area contributed by atoms with E-state index in [2.05, 4.69) is 4.89 Å². The Morgan fingerprint density at radius 2 is 2.22 bits per heavy atom. The van der Waals surface area contributed by atoms with Crippen LogP contribution >= 0.6 is 0 Å². The lowest BCUT2D eigenvalue weighted by molar-refractivity contribution is -0.537. The predicted molar refractivity (Wildman–Crippen MR) is 61.4 cm³/mol. The van der Waals surface area contributed by atoms with Crippen molar-refractivity contribution in [1.29, 1.82) is 0 Å². The second-order valence-electron chi connectivity index (χ2n) is 4.19. The molecule has 0 aliphatic carbocycles. The number of carbonyl (C=O) groups excluding carboxylic acids is 1. The molecule has 0 N–H and O–H groups in total. The maximum Gasteiger partial charge on any atom is 0.309 e. The van der Waals surface area contributed by atoms with Crippen molar-refractivity contribution in [3.63, 3.8) is 0 Å². The van der Waals surface area contributed by atoms with Gasteiger partial charge in [0.25, 0.3) is 0 Å². The Kier molecular flexibility index (Phi) is 2.57. The number of para-hydroxylation sites is 1. The average molecular weight is 248 g/mol. The van der Waals surface area contributed by atoms with Crippen molar-refractivity contribution >= 4 is 12.0 Å². The number of carbonyl (C=O) groups is 1. The Hall–Kier alpha value is -1.85.